The van der Waals surface area contributed by atoms with Crippen molar-refractivity contribution in [2.75, 3.05) is 6.61 Å². The summed E-state index contributed by atoms with van der Waals surface area (Å²) in [5, 5.41) is 14.9. The third kappa shape index (κ3) is 5.74. The molecule has 2 aromatic carbocycles. The molecule has 3 atom stereocenters. The van der Waals surface area contributed by atoms with Crippen LogP contribution in [0, 0.1) is 10.1 Å². The average molecular weight is 458 g/mol. The Kier molecular flexibility index (Phi) is 7.76. The van der Waals surface area contributed by atoms with Gasteiger partial charge in [0.25, 0.3) is 0 Å². The first-order chi connectivity index (χ1) is 15.8. The zero-order valence-corrected chi connectivity index (χ0v) is 18.1. The van der Waals surface area contributed by atoms with Crippen LogP contribution in [0.1, 0.15) is 30.9 Å². The highest BCUT2D eigenvalue weighted by molar-refractivity contribution is 5.92. The summed E-state index contributed by atoms with van der Waals surface area (Å²) in [6.07, 6.45) is 3.43. The number of carbonyl (C=O) groups excluding carboxylic acids is 1. The molecule has 1 aliphatic heterocycles. The standard InChI is InChI=1S/C24H24F2N2O5/c1-15-20(23(29)32-14-8-11-17-9-4-3-5-10-17)21(22(28(30)31)16(2)27-15)18-12-6-7-13-19(18)33-24(25)26/h3-13,16,21-22,24,27H,14H2,1-2H3. The molecule has 3 rings (SSSR count). The van der Waals surface area contributed by atoms with Crippen molar-refractivity contribution in [3.8, 4) is 5.75 Å². The number of halogens is 2. The number of carbonyl (C=O) groups is 1. The molecule has 0 bridgehead atoms. The van der Waals surface area contributed by atoms with Gasteiger partial charge in [-0.15, -0.1) is 0 Å². The molecule has 0 aliphatic carbocycles. The number of alkyl halides is 2. The highest BCUT2D eigenvalue weighted by atomic mass is 19.3. The van der Waals surface area contributed by atoms with E-state index in [-0.39, 0.29) is 23.5 Å². The van der Waals surface area contributed by atoms with Gasteiger partial charge in [0, 0.05) is 16.2 Å². The van der Waals surface area contributed by atoms with Crippen LogP contribution in [0.5, 0.6) is 5.75 Å². The molecule has 7 nitrogen and oxygen atoms in total. The summed E-state index contributed by atoms with van der Waals surface area (Å²) in [6.45, 7) is 0.0196. The van der Waals surface area contributed by atoms with Crippen molar-refractivity contribution in [2.24, 2.45) is 0 Å². The fraction of sp³-hybridized carbons (Fsp3) is 0.292. The molecule has 33 heavy (non-hydrogen) atoms. The SMILES string of the molecule is CC1=C(C(=O)OCC=Cc2ccccc2)C(c2ccccc2OC(F)F)C([N+](=O)[O-])C(C)N1. The number of hydrogen-bond acceptors (Lipinski definition) is 6. The number of rotatable bonds is 8. The first-order valence-electron chi connectivity index (χ1n) is 10.3. The maximum Gasteiger partial charge on any atom is 0.387 e. The summed E-state index contributed by atoms with van der Waals surface area (Å²) < 4.78 is 36.0. The van der Waals surface area contributed by atoms with Crippen LogP contribution in [0.4, 0.5) is 8.78 Å². The monoisotopic (exact) mass is 458 g/mol. The van der Waals surface area contributed by atoms with Gasteiger partial charge in [0.05, 0.1) is 17.5 Å². The van der Waals surface area contributed by atoms with Gasteiger partial charge in [-0.1, -0.05) is 54.6 Å². The van der Waals surface area contributed by atoms with Gasteiger partial charge in [0.1, 0.15) is 12.4 Å². The van der Waals surface area contributed by atoms with Crippen molar-refractivity contribution >= 4 is 12.0 Å². The Balaban J connectivity index is 1.93. The summed E-state index contributed by atoms with van der Waals surface area (Å²) in [5.74, 6) is -2.13. The second kappa shape index (κ2) is 10.7. The van der Waals surface area contributed by atoms with Crippen LogP contribution in [0.3, 0.4) is 0 Å². The largest absolute Gasteiger partial charge is 0.458 e. The lowest BCUT2D eigenvalue weighted by atomic mass is 9.78. The summed E-state index contributed by atoms with van der Waals surface area (Å²) in [7, 11) is 0. The molecule has 0 aromatic heterocycles. The van der Waals surface area contributed by atoms with Crippen LogP contribution in [0.25, 0.3) is 6.08 Å². The van der Waals surface area contributed by atoms with Crippen LogP contribution in [0.2, 0.25) is 0 Å². The number of benzene rings is 2. The van der Waals surface area contributed by atoms with E-state index in [1.807, 2.05) is 30.3 Å². The average Bonchev–Trinajstić information content (AvgIpc) is 2.76. The minimum absolute atomic E-state index is 0.00762. The van der Waals surface area contributed by atoms with Crippen LogP contribution < -0.4 is 10.1 Å². The third-order valence-corrected chi connectivity index (χ3v) is 5.37. The topological polar surface area (TPSA) is 90.7 Å². The van der Waals surface area contributed by atoms with E-state index in [1.54, 1.807) is 32.1 Å². The number of hydrogen-bond donors (Lipinski definition) is 1. The lowest BCUT2D eigenvalue weighted by molar-refractivity contribution is -0.529. The lowest BCUT2D eigenvalue weighted by Crippen LogP contribution is -2.51. The molecule has 3 unspecified atom stereocenters. The van der Waals surface area contributed by atoms with Crippen LogP contribution in [-0.4, -0.2) is 36.2 Å². The zero-order valence-electron chi connectivity index (χ0n) is 18.1. The first kappa shape index (κ1) is 23.9. The van der Waals surface area contributed by atoms with Crippen LogP contribution >= 0.6 is 0 Å². The van der Waals surface area contributed by atoms with E-state index < -0.39 is 35.5 Å². The highest BCUT2D eigenvalue weighted by Gasteiger charge is 2.48. The second-order valence-electron chi connectivity index (χ2n) is 7.55. The lowest BCUT2D eigenvalue weighted by Gasteiger charge is -2.34. The van der Waals surface area contributed by atoms with Crippen molar-refractivity contribution in [3.63, 3.8) is 0 Å². The van der Waals surface area contributed by atoms with Crippen molar-refractivity contribution in [1.82, 2.24) is 5.32 Å². The van der Waals surface area contributed by atoms with E-state index in [2.05, 4.69) is 10.1 Å². The Hall–Kier alpha value is -3.75. The van der Waals surface area contributed by atoms with E-state index in [4.69, 9.17) is 4.74 Å². The maximum absolute atomic E-state index is 13.0. The van der Waals surface area contributed by atoms with Gasteiger partial charge in [-0.3, -0.25) is 10.1 Å². The number of ether oxygens (including phenoxy) is 2. The minimum atomic E-state index is -3.12. The van der Waals surface area contributed by atoms with Gasteiger partial charge >= 0.3 is 12.6 Å². The smallest absolute Gasteiger partial charge is 0.387 e. The molecular formula is C24H24F2N2O5. The van der Waals surface area contributed by atoms with Crippen molar-refractivity contribution in [3.05, 3.63) is 93.2 Å². The molecule has 0 spiro atoms. The van der Waals surface area contributed by atoms with Gasteiger partial charge < -0.3 is 14.8 Å². The van der Waals surface area contributed by atoms with E-state index in [9.17, 15) is 23.7 Å². The predicted octanol–water partition coefficient (Wildman–Crippen LogP) is 4.54. The molecule has 1 N–H and O–H groups in total. The number of nitrogens with zero attached hydrogens (tertiary/aromatic N) is 1. The number of nitrogens with one attached hydrogen (secondary N) is 1. The first-order valence-corrected chi connectivity index (χ1v) is 10.3. The molecule has 1 heterocycles. The van der Waals surface area contributed by atoms with Crippen molar-refractivity contribution in [1.29, 1.82) is 0 Å². The van der Waals surface area contributed by atoms with Crippen molar-refractivity contribution in [2.45, 2.75) is 38.5 Å². The molecule has 0 saturated heterocycles. The highest BCUT2D eigenvalue weighted by Crippen LogP contribution is 2.41. The van der Waals surface area contributed by atoms with Crippen LogP contribution in [0.15, 0.2) is 71.9 Å². The fourth-order valence-electron chi connectivity index (χ4n) is 4.01. The number of para-hydroxylation sites is 1. The zero-order chi connectivity index (χ0) is 24.0. The maximum atomic E-state index is 13.0. The van der Waals surface area contributed by atoms with Gasteiger partial charge in [-0.25, -0.2) is 4.79 Å². The Morgan fingerprint density at radius 2 is 1.85 bits per heavy atom. The molecule has 0 fully saturated rings. The van der Waals surface area contributed by atoms with E-state index in [0.29, 0.717) is 5.70 Å². The van der Waals surface area contributed by atoms with Gasteiger partial charge in [0.15, 0.2) is 0 Å². The van der Waals surface area contributed by atoms with E-state index >= 15 is 0 Å². The summed E-state index contributed by atoms with van der Waals surface area (Å²) in [6, 6.07) is 13.2. The minimum Gasteiger partial charge on any atom is -0.458 e. The van der Waals surface area contributed by atoms with Crippen LogP contribution in [-0.2, 0) is 9.53 Å². The second-order valence-corrected chi connectivity index (χ2v) is 7.55. The normalized spacial score (nSPS) is 20.6. The van der Waals surface area contributed by atoms with Crippen molar-refractivity contribution < 1.29 is 28.0 Å². The molecule has 9 heteroatoms. The Morgan fingerprint density at radius 3 is 2.52 bits per heavy atom. The fourth-order valence-corrected chi connectivity index (χ4v) is 4.01. The Morgan fingerprint density at radius 1 is 1.18 bits per heavy atom. The number of nitro groups is 1. The van der Waals surface area contributed by atoms with Gasteiger partial charge in [-0.05, 0) is 31.6 Å². The van der Waals surface area contributed by atoms with Gasteiger partial charge in [-0.2, -0.15) is 8.78 Å². The molecule has 0 radical (unpaired) electrons. The van der Waals surface area contributed by atoms with E-state index in [0.717, 1.165) is 5.56 Å². The Labute approximate surface area is 189 Å². The molecule has 0 saturated carbocycles. The summed E-state index contributed by atoms with van der Waals surface area (Å²) in [5.41, 5.74) is 1.43. The summed E-state index contributed by atoms with van der Waals surface area (Å²) in [4.78, 5) is 24.5. The molecule has 174 valence electrons. The third-order valence-electron chi connectivity index (χ3n) is 5.37. The molecular weight excluding hydrogens is 434 g/mol. The molecule has 0 amide bonds. The number of allylic oxidation sites excluding steroid dienone is 1. The predicted molar refractivity (Wildman–Crippen MR) is 118 cm³/mol. The molecule has 1 aliphatic rings. The van der Waals surface area contributed by atoms with Gasteiger partial charge in [0.2, 0.25) is 6.04 Å². The molecule has 2 aromatic rings. The summed E-state index contributed by atoms with van der Waals surface area (Å²) >= 11 is 0. The van der Waals surface area contributed by atoms with E-state index in [1.165, 1.54) is 18.2 Å². The number of esters is 1. The quantitative estimate of drug-likeness (QED) is 0.355. The Bertz CT molecular complexity index is 1060.